The predicted molar refractivity (Wildman–Crippen MR) is 139 cm³/mol. The van der Waals surface area contributed by atoms with Gasteiger partial charge in [-0.2, -0.15) is 4.89 Å². The zero-order valence-corrected chi connectivity index (χ0v) is 21.9. The third-order valence-electron chi connectivity index (χ3n) is 6.95. The van der Waals surface area contributed by atoms with E-state index in [9.17, 15) is 14.7 Å². The Labute approximate surface area is 215 Å². The Kier molecular flexibility index (Phi) is 7.75. The molecule has 5 rings (SSSR count). The number of hydrogen-bond donors (Lipinski definition) is 2. The van der Waals surface area contributed by atoms with Crippen LogP contribution >= 0.6 is 11.9 Å². The van der Waals surface area contributed by atoms with Crippen LogP contribution in [-0.4, -0.2) is 59.9 Å². The molecule has 0 bridgehead atoms. The lowest BCUT2D eigenvalue weighted by atomic mass is 9.78. The number of aliphatic hydroxyl groups excluding tert-OH is 2. The highest BCUT2D eigenvalue weighted by atomic mass is 32.2. The molecule has 1 fully saturated rings. The Bertz CT molecular complexity index is 1240. The third kappa shape index (κ3) is 4.30. The van der Waals surface area contributed by atoms with Crippen molar-refractivity contribution in [1.29, 1.82) is 0 Å². The van der Waals surface area contributed by atoms with E-state index < -0.39 is 18.0 Å². The van der Waals surface area contributed by atoms with Crippen LogP contribution in [0.25, 0.3) is 10.8 Å². The molecule has 9 heteroatoms. The van der Waals surface area contributed by atoms with E-state index in [4.69, 9.17) is 5.11 Å². The topological polar surface area (TPSA) is 99.5 Å². The number of aliphatic hydroxyl groups is 2. The highest BCUT2D eigenvalue weighted by Gasteiger charge is 2.59. The van der Waals surface area contributed by atoms with Crippen LogP contribution in [0, 0.1) is 11.8 Å². The molecule has 8 nitrogen and oxygen atoms in total. The summed E-state index contributed by atoms with van der Waals surface area (Å²) in [7, 11) is 3.32. The first-order chi connectivity index (χ1) is 17.3. The molecule has 36 heavy (non-hydrogen) atoms. The number of carbonyl (C=O) groups is 2. The summed E-state index contributed by atoms with van der Waals surface area (Å²) in [5, 5.41) is 21.4. The molecule has 0 aliphatic carbocycles. The molecule has 0 spiro atoms. The van der Waals surface area contributed by atoms with Gasteiger partial charge in [0.05, 0.1) is 30.9 Å². The fraction of sp³-hybridized carbons (Fsp3) is 0.407. The second-order valence-corrected chi connectivity index (χ2v) is 10.3. The lowest BCUT2D eigenvalue weighted by molar-refractivity contribution is -0.252. The molecule has 4 atom stereocenters. The first-order valence-electron chi connectivity index (χ1n) is 12.0. The summed E-state index contributed by atoms with van der Waals surface area (Å²) >= 11 is 1.77. The van der Waals surface area contributed by atoms with E-state index in [0.717, 1.165) is 12.0 Å². The van der Waals surface area contributed by atoms with Crippen LogP contribution in [0.2, 0.25) is 0 Å². The lowest BCUT2D eigenvalue weighted by Crippen LogP contribution is -2.63. The van der Waals surface area contributed by atoms with Crippen molar-refractivity contribution in [2.24, 2.45) is 11.8 Å². The van der Waals surface area contributed by atoms with E-state index in [-0.39, 0.29) is 30.2 Å². The van der Waals surface area contributed by atoms with Crippen molar-refractivity contribution in [3.05, 3.63) is 59.3 Å². The van der Waals surface area contributed by atoms with E-state index >= 15 is 0 Å². The number of β-lactam (4-membered cyclic amide) rings is 1. The smallest absolute Gasteiger partial charge is 0.389 e. The zero-order valence-electron chi connectivity index (χ0n) is 21.1. The molecule has 2 aromatic rings. The van der Waals surface area contributed by atoms with Crippen LogP contribution in [0.1, 0.15) is 26.3 Å². The second-order valence-electron chi connectivity index (χ2n) is 9.08. The number of allylic oxidation sites excluding steroid dienone is 2. The minimum Gasteiger partial charge on any atom is -0.396 e. The molecule has 0 aromatic heterocycles. The van der Waals surface area contributed by atoms with Crippen molar-refractivity contribution in [2.75, 3.05) is 25.1 Å². The zero-order chi connectivity index (χ0) is 26.1. The number of nitrogens with zero attached hydrogens (tertiary/aromatic N) is 2. The van der Waals surface area contributed by atoms with Gasteiger partial charge in [0.25, 0.3) is 0 Å². The summed E-state index contributed by atoms with van der Waals surface area (Å²) in [5.41, 5.74) is 3.46. The molecule has 1 saturated heterocycles. The van der Waals surface area contributed by atoms with Gasteiger partial charge in [0.2, 0.25) is 5.91 Å². The molecular weight excluding hydrogens is 480 g/mol. The summed E-state index contributed by atoms with van der Waals surface area (Å²) in [6.45, 7) is 5.57. The van der Waals surface area contributed by atoms with Gasteiger partial charge in [-0.05, 0) is 60.9 Å². The van der Waals surface area contributed by atoms with Gasteiger partial charge in [0.1, 0.15) is 5.70 Å². The van der Waals surface area contributed by atoms with E-state index in [1.54, 1.807) is 31.0 Å². The van der Waals surface area contributed by atoms with Gasteiger partial charge in [0, 0.05) is 29.9 Å². The molecule has 0 radical (unpaired) electrons. The molecular formula is C27H32N2O6S. The monoisotopic (exact) mass is 512 g/mol. The first kappa shape index (κ1) is 26.2. The van der Waals surface area contributed by atoms with Crippen molar-refractivity contribution in [2.45, 2.75) is 44.2 Å². The van der Waals surface area contributed by atoms with Crippen LogP contribution < -0.4 is 4.31 Å². The summed E-state index contributed by atoms with van der Waals surface area (Å²) < 4.78 is 2.19. The van der Waals surface area contributed by atoms with Gasteiger partial charge >= 0.3 is 5.97 Å². The van der Waals surface area contributed by atoms with E-state index in [1.807, 2.05) is 13.8 Å². The largest absolute Gasteiger partial charge is 0.396 e. The molecule has 4 unspecified atom stereocenters. The molecule has 3 aliphatic heterocycles. The predicted octanol–water partition coefficient (Wildman–Crippen LogP) is 3.61. The Balaban J connectivity index is 0.000000173. The number of hydrogen-bond acceptors (Lipinski definition) is 8. The van der Waals surface area contributed by atoms with Gasteiger partial charge in [0.15, 0.2) is 0 Å². The van der Waals surface area contributed by atoms with Crippen LogP contribution in [0.15, 0.2) is 58.6 Å². The van der Waals surface area contributed by atoms with Crippen molar-refractivity contribution >= 4 is 40.3 Å². The van der Waals surface area contributed by atoms with Gasteiger partial charge in [-0.1, -0.05) is 37.3 Å². The fourth-order valence-corrected chi connectivity index (χ4v) is 6.37. The quantitative estimate of drug-likeness (QED) is 0.262. The van der Waals surface area contributed by atoms with Crippen molar-refractivity contribution in [3.63, 3.8) is 0 Å². The maximum Gasteiger partial charge on any atom is 0.389 e. The van der Waals surface area contributed by atoms with E-state index in [0.29, 0.717) is 0 Å². The summed E-state index contributed by atoms with van der Waals surface area (Å²) in [4.78, 5) is 35.8. The van der Waals surface area contributed by atoms with Crippen LogP contribution in [-0.2, 0) is 25.8 Å². The summed E-state index contributed by atoms with van der Waals surface area (Å²) in [5.74, 6) is -1.45. The Morgan fingerprint density at radius 1 is 1.28 bits per heavy atom. The SMILES string of the molecule is C/C=C/C1=C(C(=O)OOC)N2C(=O)C(C(C)O)C2C1C.CN1Sc2ccc(CCO)c3cccc1c23. The van der Waals surface area contributed by atoms with Crippen LogP contribution in [0.4, 0.5) is 5.69 Å². The summed E-state index contributed by atoms with van der Waals surface area (Å²) in [6.07, 6.45) is 3.59. The van der Waals surface area contributed by atoms with Crippen LogP contribution in [0.5, 0.6) is 0 Å². The number of rotatable bonds is 6. The first-order valence-corrected chi connectivity index (χ1v) is 12.7. The number of benzene rings is 2. The van der Waals surface area contributed by atoms with Crippen molar-refractivity contribution in [3.8, 4) is 0 Å². The maximum atomic E-state index is 12.2. The minimum absolute atomic E-state index is 0.0390. The van der Waals surface area contributed by atoms with E-state index in [1.165, 1.54) is 38.9 Å². The Morgan fingerprint density at radius 3 is 2.67 bits per heavy atom. The third-order valence-corrected chi connectivity index (χ3v) is 7.96. The number of carbonyl (C=O) groups excluding carboxylic acids is 2. The normalized spacial score (nSPS) is 23.1. The highest BCUT2D eigenvalue weighted by Crippen LogP contribution is 2.48. The van der Waals surface area contributed by atoms with Gasteiger partial charge < -0.3 is 19.4 Å². The molecule has 3 heterocycles. The Hall–Kier alpha value is -2.85. The van der Waals surface area contributed by atoms with Gasteiger partial charge in [-0.3, -0.25) is 9.68 Å². The molecule has 2 aromatic carbocycles. The molecule has 0 saturated carbocycles. The van der Waals surface area contributed by atoms with Crippen molar-refractivity contribution in [1.82, 2.24) is 4.90 Å². The average Bonchev–Trinajstić information content (AvgIpc) is 3.29. The maximum absolute atomic E-state index is 12.2. The lowest BCUT2D eigenvalue weighted by Gasteiger charge is -2.46. The highest BCUT2D eigenvalue weighted by molar-refractivity contribution is 8.01. The average molecular weight is 513 g/mol. The summed E-state index contributed by atoms with van der Waals surface area (Å²) in [6, 6.07) is 10.5. The number of anilines is 1. The van der Waals surface area contributed by atoms with E-state index in [2.05, 4.69) is 51.5 Å². The molecule has 1 amide bonds. The molecule has 192 valence electrons. The standard InChI is InChI=1S/C14H19NO5.C13H13NOS/c1-5-6-9-7(2)11-10(8(3)16)13(17)15(11)12(9)14(18)20-19-4;1-14-11-4-2-3-10-9(7-8-15)5-6-12(16-14)13(10)11/h5-8,10-11,16H,1-4H3;2-6,15H,7-8H2,1H3/b6-5+;. The second kappa shape index (κ2) is 10.6. The van der Waals surface area contributed by atoms with Crippen LogP contribution in [0.3, 0.4) is 0 Å². The molecule has 3 aliphatic rings. The number of fused-ring (bicyclic) bond motifs is 1. The number of amides is 1. The van der Waals surface area contributed by atoms with Gasteiger partial charge in [-0.15, -0.1) is 0 Å². The van der Waals surface area contributed by atoms with Gasteiger partial charge in [-0.25, -0.2) is 4.79 Å². The Morgan fingerprint density at radius 2 is 2.03 bits per heavy atom. The fourth-order valence-electron chi connectivity index (χ4n) is 5.39. The van der Waals surface area contributed by atoms with Crippen molar-refractivity contribution < 1.29 is 29.6 Å². The minimum atomic E-state index is -0.740. The molecule has 2 N–H and O–H groups in total.